The topological polar surface area (TPSA) is 0 Å². The molecule has 2 rings (SSSR count). The van der Waals surface area contributed by atoms with Gasteiger partial charge in [-0.05, 0) is 61.9 Å². The van der Waals surface area contributed by atoms with Crippen molar-refractivity contribution in [1.82, 2.24) is 0 Å². The van der Waals surface area contributed by atoms with Gasteiger partial charge < -0.3 is 0 Å². The fourth-order valence-corrected chi connectivity index (χ4v) is 8.62. The minimum atomic E-state index is 0.702. The highest BCUT2D eigenvalue weighted by molar-refractivity contribution is 8.00. The lowest BCUT2D eigenvalue weighted by atomic mass is 9.95. The maximum Gasteiger partial charge on any atom is 0.0298 e. The van der Waals surface area contributed by atoms with Crippen LogP contribution in [0.4, 0.5) is 0 Å². The van der Waals surface area contributed by atoms with Crippen LogP contribution in [0, 0.1) is 11.8 Å². The van der Waals surface area contributed by atoms with Crippen LogP contribution in [0.25, 0.3) is 0 Å². The quantitative estimate of drug-likeness (QED) is 0.113. The van der Waals surface area contributed by atoms with Gasteiger partial charge in [-0.15, -0.1) is 0 Å². The Bertz CT molecular complexity index is 578. The lowest BCUT2D eigenvalue weighted by Gasteiger charge is -2.20. The number of thioether (sulfide) groups is 2. The van der Waals surface area contributed by atoms with E-state index in [0.29, 0.717) is 11.2 Å². The van der Waals surface area contributed by atoms with E-state index in [1.54, 1.807) is 5.57 Å². The molecule has 4 unspecified atom stereocenters. The predicted octanol–water partition coefficient (Wildman–Crippen LogP) is 11.2. The van der Waals surface area contributed by atoms with Gasteiger partial charge in [-0.2, -0.15) is 23.5 Å². The fourth-order valence-electron chi connectivity index (χ4n) is 5.72. The molecule has 0 N–H and O–H groups in total. The predicted molar refractivity (Wildman–Crippen MR) is 161 cm³/mol. The number of rotatable bonds is 21. The molecule has 196 valence electrons. The third kappa shape index (κ3) is 11.8. The summed E-state index contributed by atoms with van der Waals surface area (Å²) in [5.74, 6) is 4.24. The van der Waals surface area contributed by atoms with Gasteiger partial charge in [0.05, 0.1) is 0 Å². The van der Waals surface area contributed by atoms with Crippen LogP contribution in [-0.2, 0) is 0 Å². The molecule has 0 spiro atoms. The zero-order valence-electron chi connectivity index (χ0n) is 22.8. The van der Waals surface area contributed by atoms with Gasteiger partial charge in [0.15, 0.2) is 0 Å². The molecule has 1 fully saturated rings. The Morgan fingerprint density at radius 1 is 0.706 bits per heavy atom. The van der Waals surface area contributed by atoms with Crippen LogP contribution in [0.3, 0.4) is 0 Å². The molecule has 0 bridgehead atoms. The van der Waals surface area contributed by atoms with Gasteiger partial charge in [-0.3, -0.25) is 0 Å². The van der Waals surface area contributed by atoms with Crippen molar-refractivity contribution in [2.24, 2.45) is 11.8 Å². The normalized spacial score (nSPS) is 24.5. The number of allylic oxidation sites excluding steroid dienone is 3. The minimum absolute atomic E-state index is 0.702. The summed E-state index contributed by atoms with van der Waals surface area (Å²) in [6.45, 7) is 13.3. The highest BCUT2D eigenvalue weighted by Gasteiger charge is 2.29. The molecule has 0 aliphatic heterocycles. The van der Waals surface area contributed by atoms with Crippen molar-refractivity contribution in [2.75, 3.05) is 11.5 Å². The Labute approximate surface area is 222 Å². The van der Waals surface area contributed by atoms with Crippen molar-refractivity contribution in [1.29, 1.82) is 0 Å². The van der Waals surface area contributed by atoms with Crippen LogP contribution in [-0.4, -0.2) is 22.0 Å². The van der Waals surface area contributed by atoms with E-state index >= 15 is 0 Å². The van der Waals surface area contributed by atoms with E-state index in [9.17, 15) is 0 Å². The minimum Gasteiger partial charge on any atom is -0.158 e. The molecule has 0 aromatic carbocycles. The average molecular weight is 505 g/mol. The van der Waals surface area contributed by atoms with E-state index in [4.69, 9.17) is 0 Å². The summed E-state index contributed by atoms with van der Waals surface area (Å²) in [4.78, 5) is 0. The second-order valence-corrected chi connectivity index (χ2v) is 13.5. The SMILES string of the molecule is C=C1C=CC(SCCCCCCCCSC2CCC(=C)C2CCCCCC)C1CCCCCC. The van der Waals surface area contributed by atoms with E-state index in [1.165, 1.54) is 133 Å². The summed E-state index contributed by atoms with van der Waals surface area (Å²) < 4.78 is 0. The molecule has 0 heterocycles. The van der Waals surface area contributed by atoms with E-state index < -0.39 is 0 Å². The lowest BCUT2D eigenvalue weighted by molar-refractivity contribution is 0.527. The van der Waals surface area contributed by atoms with E-state index in [1.807, 2.05) is 0 Å². The first kappa shape index (κ1) is 30.1. The van der Waals surface area contributed by atoms with Gasteiger partial charge in [0.2, 0.25) is 0 Å². The largest absolute Gasteiger partial charge is 0.158 e. The van der Waals surface area contributed by atoms with Crippen molar-refractivity contribution in [3.05, 3.63) is 36.5 Å². The maximum atomic E-state index is 4.41. The first-order valence-corrected chi connectivity index (χ1v) is 17.0. The summed E-state index contributed by atoms with van der Waals surface area (Å²) in [5.41, 5.74) is 2.95. The standard InChI is InChI=1S/C32H56S2/c1-5-7-9-15-19-29-27(3)21-23-31(29)33-25-17-13-11-12-14-18-26-34-32-24-22-28(4)30(32)20-16-10-8-6-2/h21,23,29-32H,3-20,22,24-26H2,1-2H3. The Balaban J connectivity index is 1.44. The van der Waals surface area contributed by atoms with Gasteiger partial charge in [0.25, 0.3) is 0 Å². The number of unbranched alkanes of at least 4 members (excludes halogenated alkanes) is 11. The summed E-state index contributed by atoms with van der Waals surface area (Å²) in [6, 6.07) is 0. The molecule has 4 atom stereocenters. The van der Waals surface area contributed by atoms with Crippen LogP contribution in [0.1, 0.15) is 129 Å². The smallest absolute Gasteiger partial charge is 0.0298 e. The van der Waals surface area contributed by atoms with E-state index in [-0.39, 0.29) is 0 Å². The summed E-state index contributed by atoms with van der Waals surface area (Å²) >= 11 is 4.47. The van der Waals surface area contributed by atoms with Crippen molar-refractivity contribution in [3.8, 4) is 0 Å². The molecule has 1 saturated carbocycles. The molecular formula is C32H56S2. The third-order valence-electron chi connectivity index (χ3n) is 8.01. The summed E-state index contributed by atoms with van der Waals surface area (Å²) in [6.07, 6.45) is 29.8. The van der Waals surface area contributed by atoms with Gasteiger partial charge in [-0.1, -0.05) is 127 Å². The Morgan fingerprint density at radius 2 is 1.26 bits per heavy atom. The monoisotopic (exact) mass is 504 g/mol. The van der Waals surface area contributed by atoms with Crippen LogP contribution < -0.4 is 0 Å². The average Bonchev–Trinajstić information content (AvgIpc) is 3.37. The molecule has 0 aromatic heterocycles. The van der Waals surface area contributed by atoms with Gasteiger partial charge in [-0.25, -0.2) is 0 Å². The number of hydrogen-bond acceptors (Lipinski definition) is 2. The van der Waals surface area contributed by atoms with E-state index in [0.717, 1.165) is 11.2 Å². The Kier molecular flexibility index (Phi) is 16.9. The third-order valence-corrected chi connectivity index (χ3v) is 10.9. The van der Waals surface area contributed by atoms with Crippen molar-refractivity contribution >= 4 is 23.5 Å². The van der Waals surface area contributed by atoms with Crippen molar-refractivity contribution in [3.63, 3.8) is 0 Å². The molecule has 2 heteroatoms. The van der Waals surface area contributed by atoms with Crippen molar-refractivity contribution in [2.45, 2.75) is 140 Å². The second kappa shape index (κ2) is 19.1. The Hall–Kier alpha value is -0.0800. The first-order valence-electron chi connectivity index (χ1n) is 14.9. The van der Waals surface area contributed by atoms with Crippen LogP contribution in [0.2, 0.25) is 0 Å². The van der Waals surface area contributed by atoms with Crippen LogP contribution in [0.5, 0.6) is 0 Å². The number of hydrogen-bond donors (Lipinski definition) is 0. The van der Waals surface area contributed by atoms with Crippen molar-refractivity contribution < 1.29 is 0 Å². The first-order chi connectivity index (χ1) is 16.7. The molecular weight excluding hydrogens is 448 g/mol. The zero-order valence-corrected chi connectivity index (χ0v) is 24.5. The Morgan fingerprint density at radius 3 is 1.91 bits per heavy atom. The van der Waals surface area contributed by atoms with Gasteiger partial charge in [0.1, 0.15) is 0 Å². The molecule has 0 amide bonds. The second-order valence-electron chi connectivity index (χ2n) is 10.9. The molecule has 0 radical (unpaired) electrons. The molecule has 2 aliphatic rings. The maximum absolute atomic E-state index is 4.41. The van der Waals surface area contributed by atoms with Gasteiger partial charge >= 0.3 is 0 Å². The zero-order chi connectivity index (χ0) is 24.4. The fraction of sp³-hybridized carbons (Fsp3) is 0.812. The summed E-state index contributed by atoms with van der Waals surface area (Å²) in [5, 5.41) is 1.58. The molecule has 2 aliphatic carbocycles. The van der Waals surface area contributed by atoms with Gasteiger partial charge in [0, 0.05) is 10.5 Å². The van der Waals surface area contributed by atoms with E-state index in [2.05, 4.69) is 62.7 Å². The molecule has 0 saturated heterocycles. The lowest BCUT2D eigenvalue weighted by Crippen LogP contribution is -2.12. The molecule has 34 heavy (non-hydrogen) atoms. The van der Waals surface area contributed by atoms with Crippen LogP contribution >= 0.6 is 23.5 Å². The van der Waals surface area contributed by atoms with Crippen LogP contribution in [0.15, 0.2) is 36.5 Å². The molecule has 0 aromatic rings. The highest BCUT2D eigenvalue weighted by atomic mass is 32.2. The highest BCUT2D eigenvalue weighted by Crippen LogP contribution is 2.41. The molecule has 0 nitrogen and oxygen atoms in total. The summed E-state index contributed by atoms with van der Waals surface area (Å²) in [7, 11) is 0.